The van der Waals surface area contributed by atoms with Crippen LogP contribution in [-0.4, -0.2) is 59.1 Å². The van der Waals surface area contributed by atoms with Gasteiger partial charge in [0.2, 0.25) is 5.95 Å². The number of aromatic nitrogens is 2. The maximum Gasteiger partial charge on any atom is 0.255 e. The van der Waals surface area contributed by atoms with Crippen LogP contribution < -0.4 is 16.4 Å². The molecule has 228 valence electrons. The van der Waals surface area contributed by atoms with Crippen molar-refractivity contribution < 1.29 is 13.9 Å². The zero-order chi connectivity index (χ0) is 30.5. The van der Waals surface area contributed by atoms with Gasteiger partial charge in [-0.3, -0.25) is 9.69 Å². The van der Waals surface area contributed by atoms with Crippen molar-refractivity contribution in [1.29, 1.82) is 0 Å². The third-order valence-corrected chi connectivity index (χ3v) is 8.84. The summed E-state index contributed by atoms with van der Waals surface area (Å²) < 4.78 is 19.6. The summed E-state index contributed by atoms with van der Waals surface area (Å²) in [5.74, 6) is -0.731. The van der Waals surface area contributed by atoms with Crippen LogP contribution in [0.1, 0.15) is 53.7 Å². The molecule has 3 atom stereocenters. The van der Waals surface area contributed by atoms with E-state index < -0.39 is 5.95 Å². The highest BCUT2D eigenvalue weighted by Gasteiger charge is 2.30. The highest BCUT2D eigenvalue weighted by atomic mass is 19.1. The smallest absolute Gasteiger partial charge is 0.255 e. The number of hydrogen-bond acceptors (Lipinski definition) is 7. The van der Waals surface area contributed by atoms with Crippen molar-refractivity contribution in [3.05, 3.63) is 102 Å². The van der Waals surface area contributed by atoms with E-state index in [0.29, 0.717) is 23.8 Å². The molecule has 0 spiro atoms. The van der Waals surface area contributed by atoms with E-state index in [1.807, 2.05) is 0 Å². The normalized spacial score (nSPS) is 19.5. The van der Waals surface area contributed by atoms with E-state index in [0.717, 1.165) is 51.0 Å². The zero-order valence-corrected chi connectivity index (χ0v) is 25.0. The maximum atomic E-state index is 13.3. The quantitative estimate of drug-likeness (QED) is 0.224. The first-order valence-corrected chi connectivity index (χ1v) is 15.4. The van der Waals surface area contributed by atoms with Crippen LogP contribution in [-0.2, 0) is 11.3 Å². The summed E-state index contributed by atoms with van der Waals surface area (Å²) in [5, 5.41) is 6.53. The third kappa shape index (κ3) is 6.96. The fourth-order valence-corrected chi connectivity index (χ4v) is 6.13. The van der Waals surface area contributed by atoms with Crippen molar-refractivity contribution in [2.24, 2.45) is 0 Å². The Hall–Kier alpha value is -4.18. The minimum absolute atomic E-state index is 0.0949. The standard InChI is InChI=1S/C35H39FN6O2/c1-23(42-17-15-38-16-18-42)25-9-11-27(12-10-25)26-7-5-24(6-8-26)22-44-32-4-2-3-31(32)41-35(43)30-19-29(21-40-34(30)37)28-13-14-33(36)39-20-28/h5-14,19-21,23,31-32,38H,2-4,15-18,22H2,1H3,(H2,37,40)(H,41,43)/t23?,31-,32?/m0/s1. The molecule has 1 saturated heterocycles. The van der Waals surface area contributed by atoms with Crippen molar-refractivity contribution in [3.63, 3.8) is 0 Å². The Morgan fingerprint density at radius 3 is 2.36 bits per heavy atom. The van der Waals surface area contributed by atoms with Crippen LogP contribution in [0.4, 0.5) is 10.2 Å². The van der Waals surface area contributed by atoms with Gasteiger partial charge in [0, 0.05) is 55.7 Å². The number of halogens is 1. The van der Waals surface area contributed by atoms with E-state index >= 15 is 0 Å². The van der Waals surface area contributed by atoms with E-state index in [1.54, 1.807) is 18.3 Å². The van der Waals surface area contributed by atoms with Crippen molar-refractivity contribution >= 4 is 11.7 Å². The summed E-state index contributed by atoms with van der Waals surface area (Å²) in [5.41, 5.74) is 12.4. The van der Waals surface area contributed by atoms with Gasteiger partial charge < -0.3 is 21.1 Å². The van der Waals surface area contributed by atoms with Gasteiger partial charge in [-0.15, -0.1) is 0 Å². The average molecular weight is 595 g/mol. The summed E-state index contributed by atoms with van der Waals surface area (Å²) in [6, 6.07) is 22.2. The molecule has 4 N–H and O–H groups in total. The highest BCUT2D eigenvalue weighted by molar-refractivity contribution is 5.99. The molecule has 4 aromatic rings. The van der Waals surface area contributed by atoms with Gasteiger partial charge in [0.05, 0.1) is 24.3 Å². The second kappa shape index (κ2) is 13.6. The molecule has 1 aliphatic heterocycles. The largest absolute Gasteiger partial charge is 0.383 e. The fourth-order valence-electron chi connectivity index (χ4n) is 6.13. The molecule has 9 heteroatoms. The minimum atomic E-state index is -0.570. The number of pyridine rings is 2. The molecule has 2 aliphatic rings. The van der Waals surface area contributed by atoms with Crippen LogP contribution in [0.25, 0.3) is 22.3 Å². The Bertz CT molecular complexity index is 1560. The lowest BCUT2D eigenvalue weighted by Gasteiger charge is -2.33. The lowest BCUT2D eigenvalue weighted by molar-refractivity contribution is 0.0272. The molecule has 0 bridgehead atoms. The van der Waals surface area contributed by atoms with Crippen molar-refractivity contribution in [2.75, 3.05) is 31.9 Å². The number of amides is 1. The molecule has 1 aliphatic carbocycles. The first-order valence-electron chi connectivity index (χ1n) is 15.4. The predicted octanol–water partition coefficient (Wildman–Crippen LogP) is 5.37. The predicted molar refractivity (Wildman–Crippen MR) is 170 cm³/mol. The number of nitrogens with one attached hydrogen (secondary N) is 2. The number of hydrogen-bond donors (Lipinski definition) is 3. The Balaban J connectivity index is 1.04. The van der Waals surface area contributed by atoms with E-state index in [4.69, 9.17) is 10.5 Å². The van der Waals surface area contributed by atoms with Crippen molar-refractivity contribution in [1.82, 2.24) is 25.5 Å². The molecule has 2 unspecified atom stereocenters. The Labute approximate surface area is 257 Å². The van der Waals surface area contributed by atoms with Gasteiger partial charge in [0.25, 0.3) is 5.91 Å². The van der Waals surface area contributed by atoms with Gasteiger partial charge in [-0.2, -0.15) is 4.39 Å². The number of anilines is 1. The highest BCUT2D eigenvalue weighted by Crippen LogP contribution is 2.28. The summed E-state index contributed by atoms with van der Waals surface area (Å²) in [6.45, 7) is 7.01. The Kier molecular flexibility index (Phi) is 9.26. The van der Waals surface area contributed by atoms with E-state index in [1.165, 1.54) is 29.0 Å². The molecule has 2 fully saturated rings. The number of nitrogens with zero attached hydrogens (tertiary/aromatic N) is 3. The number of benzene rings is 2. The monoisotopic (exact) mass is 594 g/mol. The zero-order valence-electron chi connectivity index (χ0n) is 25.0. The number of nitrogens with two attached hydrogens (primary N) is 1. The molecule has 0 radical (unpaired) electrons. The molecule has 44 heavy (non-hydrogen) atoms. The van der Waals surface area contributed by atoms with Gasteiger partial charge in [-0.05, 0) is 66.6 Å². The second-order valence-electron chi connectivity index (χ2n) is 11.7. The summed E-state index contributed by atoms with van der Waals surface area (Å²) in [4.78, 5) is 23.6. The number of ether oxygens (including phenoxy) is 1. The Morgan fingerprint density at radius 2 is 1.66 bits per heavy atom. The number of carbonyl (C=O) groups is 1. The van der Waals surface area contributed by atoms with Crippen molar-refractivity contribution in [2.45, 2.75) is 51.0 Å². The number of nitrogen functional groups attached to an aromatic ring is 1. The third-order valence-electron chi connectivity index (χ3n) is 8.84. The van der Waals surface area contributed by atoms with Crippen LogP contribution in [0.5, 0.6) is 0 Å². The summed E-state index contributed by atoms with van der Waals surface area (Å²) in [6.07, 6.45) is 5.53. The van der Waals surface area contributed by atoms with Gasteiger partial charge in [0.15, 0.2) is 0 Å². The van der Waals surface area contributed by atoms with Crippen LogP contribution in [0.15, 0.2) is 79.1 Å². The van der Waals surface area contributed by atoms with E-state index in [9.17, 15) is 9.18 Å². The SMILES string of the molecule is CC(c1ccc(-c2ccc(COC3CCC[C@@H]3NC(=O)c3cc(-c4ccc(F)nc4)cnc3N)cc2)cc1)N1CCNCC1. The maximum absolute atomic E-state index is 13.3. The van der Waals surface area contributed by atoms with Crippen LogP contribution >= 0.6 is 0 Å². The van der Waals surface area contributed by atoms with Gasteiger partial charge in [0.1, 0.15) is 5.82 Å². The Morgan fingerprint density at radius 1 is 0.977 bits per heavy atom. The molecule has 1 saturated carbocycles. The average Bonchev–Trinajstić information content (AvgIpc) is 3.51. The molecule has 2 aromatic heterocycles. The molecule has 1 amide bonds. The lowest BCUT2D eigenvalue weighted by atomic mass is 9.99. The van der Waals surface area contributed by atoms with E-state index in [-0.39, 0.29) is 29.4 Å². The summed E-state index contributed by atoms with van der Waals surface area (Å²) >= 11 is 0. The molecule has 2 aromatic carbocycles. The van der Waals surface area contributed by atoms with Crippen LogP contribution in [0, 0.1) is 5.95 Å². The lowest BCUT2D eigenvalue weighted by Crippen LogP contribution is -2.44. The number of carbonyl (C=O) groups excluding carboxylic acids is 1. The first-order chi connectivity index (χ1) is 21.4. The van der Waals surface area contributed by atoms with Crippen LogP contribution in [0.2, 0.25) is 0 Å². The van der Waals surface area contributed by atoms with Crippen molar-refractivity contribution in [3.8, 4) is 22.3 Å². The van der Waals surface area contributed by atoms with Gasteiger partial charge >= 0.3 is 0 Å². The fraction of sp³-hybridized carbons (Fsp3) is 0.343. The van der Waals surface area contributed by atoms with Crippen LogP contribution in [0.3, 0.4) is 0 Å². The first kappa shape index (κ1) is 29.9. The molecular formula is C35H39FN6O2. The van der Waals surface area contributed by atoms with Gasteiger partial charge in [-0.25, -0.2) is 9.97 Å². The second-order valence-corrected chi connectivity index (χ2v) is 11.7. The molecular weight excluding hydrogens is 555 g/mol. The summed E-state index contributed by atoms with van der Waals surface area (Å²) in [7, 11) is 0. The molecule has 3 heterocycles. The number of piperazine rings is 1. The molecule has 6 rings (SSSR count). The topological polar surface area (TPSA) is 105 Å². The van der Waals surface area contributed by atoms with E-state index in [2.05, 4.69) is 81.0 Å². The molecule has 8 nitrogen and oxygen atoms in total. The van der Waals surface area contributed by atoms with Gasteiger partial charge in [-0.1, -0.05) is 48.5 Å². The minimum Gasteiger partial charge on any atom is -0.383 e. The number of rotatable bonds is 9.